The van der Waals surface area contributed by atoms with Gasteiger partial charge < -0.3 is 4.74 Å². The first-order valence-corrected chi connectivity index (χ1v) is 8.87. The summed E-state index contributed by atoms with van der Waals surface area (Å²) in [5.74, 6) is -0.624. The van der Waals surface area contributed by atoms with Gasteiger partial charge in [-0.25, -0.2) is 14.5 Å². The van der Waals surface area contributed by atoms with Gasteiger partial charge >= 0.3 is 5.97 Å². The lowest BCUT2D eigenvalue weighted by Gasteiger charge is -2.07. The number of nitrogens with zero attached hydrogens (tertiary/aromatic N) is 3. The zero-order valence-electron chi connectivity index (χ0n) is 14.6. The molecule has 0 aliphatic carbocycles. The number of thiazole rings is 1. The first-order valence-electron chi connectivity index (χ1n) is 8.05. The lowest BCUT2D eigenvalue weighted by Crippen LogP contribution is -2.12. The second-order valence-electron chi connectivity index (χ2n) is 5.55. The number of aromatic nitrogens is 3. The molecule has 3 aromatic rings. The quantitative estimate of drug-likeness (QED) is 0.696. The average molecular weight is 370 g/mol. The van der Waals surface area contributed by atoms with E-state index in [9.17, 15) is 9.59 Å². The number of hydrogen-bond acceptors (Lipinski definition) is 6. The summed E-state index contributed by atoms with van der Waals surface area (Å²) in [7, 11) is 0. The van der Waals surface area contributed by atoms with Crippen LogP contribution < -0.4 is 5.32 Å². The van der Waals surface area contributed by atoms with Crippen LogP contribution in [0.2, 0.25) is 0 Å². The fraction of sp³-hybridized carbons (Fsp3) is 0.222. The largest absolute Gasteiger partial charge is 0.462 e. The summed E-state index contributed by atoms with van der Waals surface area (Å²) in [6.07, 6.45) is 3.20. The molecule has 0 saturated carbocycles. The Morgan fingerprint density at radius 2 is 1.92 bits per heavy atom. The van der Waals surface area contributed by atoms with Crippen LogP contribution in [0.4, 0.5) is 5.13 Å². The highest BCUT2D eigenvalue weighted by molar-refractivity contribution is 7.15. The van der Waals surface area contributed by atoms with Crippen LogP contribution in [0, 0.1) is 13.8 Å². The third-order valence-electron chi connectivity index (χ3n) is 3.72. The molecular formula is C18H18N4O3S. The molecule has 0 fully saturated rings. The average Bonchev–Trinajstić information content (AvgIpc) is 3.21. The highest BCUT2D eigenvalue weighted by atomic mass is 32.1. The van der Waals surface area contributed by atoms with Gasteiger partial charge in [-0.1, -0.05) is 0 Å². The van der Waals surface area contributed by atoms with E-state index in [2.05, 4.69) is 15.4 Å². The Hall–Kier alpha value is -3.00. The number of benzene rings is 1. The van der Waals surface area contributed by atoms with Gasteiger partial charge in [-0.2, -0.15) is 5.10 Å². The Bertz CT molecular complexity index is 944. The Labute approximate surface area is 154 Å². The fourth-order valence-corrected chi connectivity index (χ4v) is 3.07. The van der Waals surface area contributed by atoms with Crippen molar-refractivity contribution in [3.63, 3.8) is 0 Å². The number of nitrogens with one attached hydrogen (secondary N) is 1. The summed E-state index contributed by atoms with van der Waals surface area (Å²) < 4.78 is 6.65. The second-order valence-corrected chi connectivity index (χ2v) is 6.79. The Morgan fingerprint density at radius 1 is 1.19 bits per heavy atom. The van der Waals surface area contributed by atoms with E-state index in [4.69, 9.17) is 4.74 Å². The van der Waals surface area contributed by atoms with Crippen molar-refractivity contribution in [2.45, 2.75) is 20.8 Å². The van der Waals surface area contributed by atoms with Gasteiger partial charge in [-0.3, -0.25) is 10.1 Å². The lowest BCUT2D eigenvalue weighted by atomic mass is 10.2. The van der Waals surface area contributed by atoms with Crippen molar-refractivity contribution in [1.82, 2.24) is 14.8 Å². The topological polar surface area (TPSA) is 86.1 Å². The predicted octanol–water partition coefficient (Wildman–Crippen LogP) is 3.37. The molecule has 8 heteroatoms. The van der Waals surface area contributed by atoms with Crippen molar-refractivity contribution in [2.24, 2.45) is 0 Å². The van der Waals surface area contributed by atoms with Crippen molar-refractivity contribution in [2.75, 3.05) is 11.9 Å². The number of amides is 1. The van der Waals surface area contributed by atoms with E-state index in [-0.39, 0.29) is 5.91 Å². The maximum absolute atomic E-state index is 12.3. The van der Waals surface area contributed by atoms with Crippen molar-refractivity contribution in [1.29, 1.82) is 0 Å². The lowest BCUT2D eigenvalue weighted by molar-refractivity contribution is 0.0525. The minimum atomic E-state index is -0.397. The Balaban J connectivity index is 1.77. The van der Waals surface area contributed by atoms with Gasteiger partial charge in [0, 0.05) is 16.6 Å². The summed E-state index contributed by atoms with van der Waals surface area (Å²) in [6, 6.07) is 6.96. The molecule has 0 radical (unpaired) electrons. The van der Waals surface area contributed by atoms with Crippen molar-refractivity contribution in [3.05, 3.63) is 58.4 Å². The number of ether oxygens (including phenoxy) is 1. The van der Waals surface area contributed by atoms with Gasteiger partial charge in [-0.15, -0.1) is 11.3 Å². The minimum Gasteiger partial charge on any atom is -0.462 e. The molecule has 134 valence electrons. The maximum atomic E-state index is 12.3. The molecular weight excluding hydrogens is 352 g/mol. The summed E-state index contributed by atoms with van der Waals surface area (Å²) in [4.78, 5) is 29.3. The molecule has 1 amide bonds. The van der Waals surface area contributed by atoms with E-state index in [0.717, 1.165) is 10.6 Å². The van der Waals surface area contributed by atoms with Gasteiger partial charge in [0.05, 0.1) is 24.2 Å². The molecule has 26 heavy (non-hydrogen) atoms. The summed E-state index contributed by atoms with van der Waals surface area (Å²) in [5, 5.41) is 7.58. The number of carbonyl (C=O) groups excluding carboxylic acids is 2. The van der Waals surface area contributed by atoms with E-state index >= 15 is 0 Å². The first kappa shape index (κ1) is 17.8. The molecule has 2 aromatic heterocycles. The standard InChI is InChI=1S/C18H18N4O3S/c1-4-25-17(24)15-10-20-22(12(15)3)14-7-5-13(6-8-14)16(23)21-18-19-9-11(2)26-18/h5-10H,4H2,1-3H3,(H,19,21,23). The van der Waals surface area contributed by atoms with Gasteiger partial charge in [-0.05, 0) is 45.0 Å². The van der Waals surface area contributed by atoms with Crippen LogP contribution in [-0.4, -0.2) is 33.2 Å². The number of carbonyl (C=O) groups is 2. The molecule has 0 bridgehead atoms. The summed E-state index contributed by atoms with van der Waals surface area (Å²) in [5.41, 5.74) is 2.36. The summed E-state index contributed by atoms with van der Waals surface area (Å²) in [6.45, 7) is 5.80. The number of rotatable bonds is 5. The maximum Gasteiger partial charge on any atom is 0.341 e. The molecule has 0 aliphatic heterocycles. The third-order valence-corrected chi connectivity index (χ3v) is 4.55. The van der Waals surface area contributed by atoms with Gasteiger partial charge in [0.15, 0.2) is 5.13 Å². The molecule has 3 rings (SSSR count). The minimum absolute atomic E-state index is 0.227. The predicted molar refractivity (Wildman–Crippen MR) is 99.1 cm³/mol. The zero-order chi connectivity index (χ0) is 18.7. The third kappa shape index (κ3) is 3.65. The number of aryl methyl sites for hydroxylation is 1. The molecule has 1 aromatic carbocycles. The highest BCUT2D eigenvalue weighted by Gasteiger charge is 2.16. The number of anilines is 1. The van der Waals surface area contributed by atoms with Crippen molar-refractivity contribution in [3.8, 4) is 5.69 Å². The number of hydrogen-bond donors (Lipinski definition) is 1. The normalized spacial score (nSPS) is 10.6. The van der Waals surface area contributed by atoms with Crippen LogP contribution in [-0.2, 0) is 4.74 Å². The van der Waals surface area contributed by atoms with E-state index in [0.29, 0.717) is 28.6 Å². The number of esters is 1. The van der Waals surface area contributed by atoms with Gasteiger partial charge in [0.25, 0.3) is 5.91 Å². The highest BCUT2D eigenvalue weighted by Crippen LogP contribution is 2.19. The molecule has 2 heterocycles. The van der Waals surface area contributed by atoms with Crippen LogP contribution in [0.25, 0.3) is 5.69 Å². The summed E-state index contributed by atoms with van der Waals surface area (Å²) >= 11 is 1.42. The molecule has 0 unspecified atom stereocenters. The van der Waals surface area contributed by atoms with Crippen molar-refractivity contribution < 1.29 is 14.3 Å². The van der Waals surface area contributed by atoms with Crippen LogP contribution in [0.15, 0.2) is 36.7 Å². The van der Waals surface area contributed by atoms with Crippen LogP contribution in [0.3, 0.4) is 0 Å². The Morgan fingerprint density at radius 3 is 2.54 bits per heavy atom. The van der Waals surface area contributed by atoms with Gasteiger partial charge in [0.2, 0.25) is 0 Å². The smallest absolute Gasteiger partial charge is 0.341 e. The molecule has 0 spiro atoms. The van der Waals surface area contributed by atoms with E-state index in [1.54, 1.807) is 49.0 Å². The van der Waals surface area contributed by atoms with Crippen molar-refractivity contribution >= 4 is 28.3 Å². The first-order chi connectivity index (χ1) is 12.5. The molecule has 0 atom stereocenters. The zero-order valence-corrected chi connectivity index (χ0v) is 15.5. The molecule has 7 nitrogen and oxygen atoms in total. The van der Waals surface area contributed by atoms with E-state index in [1.165, 1.54) is 17.5 Å². The fourth-order valence-electron chi connectivity index (χ4n) is 2.41. The van der Waals surface area contributed by atoms with Crippen LogP contribution in [0.1, 0.15) is 38.2 Å². The Kier molecular flexibility index (Phi) is 5.13. The van der Waals surface area contributed by atoms with E-state index in [1.807, 2.05) is 6.92 Å². The van der Waals surface area contributed by atoms with Crippen LogP contribution in [0.5, 0.6) is 0 Å². The molecule has 0 saturated heterocycles. The molecule has 0 aliphatic rings. The molecule has 1 N–H and O–H groups in total. The van der Waals surface area contributed by atoms with E-state index < -0.39 is 5.97 Å². The van der Waals surface area contributed by atoms with Gasteiger partial charge in [0.1, 0.15) is 5.56 Å². The monoisotopic (exact) mass is 370 g/mol. The SMILES string of the molecule is CCOC(=O)c1cnn(-c2ccc(C(=O)Nc3ncc(C)s3)cc2)c1C. The van der Waals surface area contributed by atoms with Crippen LogP contribution >= 0.6 is 11.3 Å². The second kappa shape index (κ2) is 7.49.